The molecule has 0 bridgehead atoms. The molecule has 0 spiro atoms. The van der Waals surface area contributed by atoms with Crippen LogP contribution in [-0.2, 0) is 13.1 Å². The van der Waals surface area contributed by atoms with Crippen molar-refractivity contribution in [3.05, 3.63) is 71.4 Å². The summed E-state index contributed by atoms with van der Waals surface area (Å²) in [5.41, 5.74) is 3.39. The van der Waals surface area contributed by atoms with Gasteiger partial charge >= 0.3 is 0 Å². The molecule has 3 aromatic rings. The van der Waals surface area contributed by atoms with Gasteiger partial charge in [-0.25, -0.2) is 4.39 Å². The maximum atomic E-state index is 13.1. The van der Waals surface area contributed by atoms with Crippen LogP contribution < -0.4 is 0 Å². The van der Waals surface area contributed by atoms with Gasteiger partial charge in [-0.15, -0.1) is 10.2 Å². The minimum absolute atomic E-state index is 0.276. The lowest BCUT2D eigenvalue weighted by molar-refractivity contribution is 0.221. The first kappa shape index (κ1) is 17.9. The van der Waals surface area contributed by atoms with Crippen molar-refractivity contribution in [3.63, 3.8) is 0 Å². The molecule has 0 N–H and O–H groups in total. The lowest BCUT2D eigenvalue weighted by Crippen LogP contribution is -2.25. The second-order valence-corrected chi connectivity index (χ2v) is 7.54. The van der Waals surface area contributed by atoms with Crippen LogP contribution in [0.1, 0.15) is 49.6 Å². The molecule has 0 unspecified atom stereocenters. The van der Waals surface area contributed by atoms with Crippen molar-refractivity contribution >= 4 is 0 Å². The van der Waals surface area contributed by atoms with Crippen molar-refractivity contribution in [2.45, 2.75) is 51.7 Å². The summed E-state index contributed by atoms with van der Waals surface area (Å²) in [7, 11) is 0. The Morgan fingerprint density at radius 3 is 2.33 bits per heavy atom. The van der Waals surface area contributed by atoms with Gasteiger partial charge in [0, 0.05) is 18.2 Å². The Labute approximate surface area is 159 Å². The van der Waals surface area contributed by atoms with E-state index in [2.05, 4.69) is 53.2 Å². The number of hydrogen-bond donors (Lipinski definition) is 0. The molecular weight excluding hydrogens is 341 g/mol. The Morgan fingerprint density at radius 2 is 1.70 bits per heavy atom. The molecule has 0 radical (unpaired) electrons. The molecule has 0 atom stereocenters. The third kappa shape index (κ3) is 4.42. The van der Waals surface area contributed by atoms with Gasteiger partial charge in [-0.2, -0.15) is 0 Å². The van der Waals surface area contributed by atoms with E-state index in [0.717, 1.165) is 12.1 Å². The molecule has 1 aromatic heterocycles. The van der Waals surface area contributed by atoms with E-state index in [0.29, 0.717) is 30.3 Å². The van der Waals surface area contributed by atoms with E-state index < -0.39 is 0 Å². The minimum atomic E-state index is -0.276. The van der Waals surface area contributed by atoms with Crippen LogP contribution in [0.15, 0.2) is 52.9 Å². The minimum Gasteiger partial charge on any atom is -0.419 e. The van der Waals surface area contributed by atoms with Crippen LogP contribution in [0.3, 0.4) is 0 Å². The van der Waals surface area contributed by atoms with Crippen LogP contribution >= 0.6 is 0 Å². The second-order valence-electron chi connectivity index (χ2n) is 7.54. The maximum absolute atomic E-state index is 13.1. The van der Waals surface area contributed by atoms with Gasteiger partial charge in [-0.1, -0.05) is 38.1 Å². The lowest BCUT2D eigenvalue weighted by Gasteiger charge is -2.20. The van der Waals surface area contributed by atoms with E-state index in [1.165, 1.54) is 36.1 Å². The molecule has 0 amide bonds. The number of rotatable bonds is 7. The first-order valence-electron chi connectivity index (χ1n) is 9.49. The molecular formula is C22H24FN3O. The highest BCUT2D eigenvalue weighted by molar-refractivity contribution is 5.51. The maximum Gasteiger partial charge on any atom is 0.247 e. The van der Waals surface area contributed by atoms with Crippen molar-refractivity contribution in [1.29, 1.82) is 0 Å². The van der Waals surface area contributed by atoms with E-state index in [1.807, 2.05) is 0 Å². The molecule has 1 saturated carbocycles. The van der Waals surface area contributed by atoms with Crippen LogP contribution in [0.25, 0.3) is 11.5 Å². The van der Waals surface area contributed by atoms with Crippen molar-refractivity contribution in [1.82, 2.24) is 15.1 Å². The summed E-state index contributed by atoms with van der Waals surface area (Å²) in [4.78, 5) is 2.40. The van der Waals surface area contributed by atoms with Gasteiger partial charge in [0.25, 0.3) is 0 Å². The predicted molar refractivity (Wildman–Crippen MR) is 102 cm³/mol. The molecule has 5 heteroatoms. The fraction of sp³-hybridized carbons (Fsp3) is 0.364. The zero-order valence-electron chi connectivity index (χ0n) is 15.7. The average Bonchev–Trinajstić information content (AvgIpc) is 3.42. The summed E-state index contributed by atoms with van der Waals surface area (Å²) in [5, 5.41) is 8.31. The third-order valence-corrected chi connectivity index (χ3v) is 4.99. The lowest BCUT2D eigenvalue weighted by atomic mass is 10.0. The Balaban J connectivity index is 1.45. The first-order chi connectivity index (χ1) is 13.1. The zero-order chi connectivity index (χ0) is 18.8. The summed E-state index contributed by atoms with van der Waals surface area (Å²) in [6.45, 7) is 5.92. The zero-order valence-corrected chi connectivity index (χ0v) is 15.7. The largest absolute Gasteiger partial charge is 0.419 e. The molecule has 1 heterocycles. The van der Waals surface area contributed by atoms with E-state index >= 15 is 0 Å². The SMILES string of the molecule is CC(C)c1ccc(CN(Cc2nnc(-c3ccc(F)cc3)o2)C2CC2)cc1. The summed E-state index contributed by atoms with van der Waals surface area (Å²) in [5.74, 6) is 1.30. The van der Waals surface area contributed by atoms with Crippen molar-refractivity contribution in [3.8, 4) is 11.5 Å². The summed E-state index contributed by atoms with van der Waals surface area (Å²) < 4.78 is 18.9. The number of hydrogen-bond acceptors (Lipinski definition) is 4. The van der Waals surface area contributed by atoms with E-state index in [-0.39, 0.29) is 5.82 Å². The fourth-order valence-corrected chi connectivity index (χ4v) is 3.20. The number of benzene rings is 2. The van der Waals surface area contributed by atoms with E-state index in [9.17, 15) is 4.39 Å². The van der Waals surface area contributed by atoms with E-state index in [4.69, 9.17) is 4.42 Å². The Bertz CT molecular complexity index is 883. The first-order valence-corrected chi connectivity index (χ1v) is 9.49. The molecule has 0 aliphatic heterocycles. The standard InChI is InChI=1S/C22H24FN3O/c1-15(2)17-5-3-16(4-6-17)13-26(20-11-12-20)14-21-24-25-22(27-21)18-7-9-19(23)10-8-18/h3-10,15,20H,11-14H2,1-2H3. The van der Waals surface area contributed by atoms with Crippen LogP contribution in [-0.4, -0.2) is 21.1 Å². The highest BCUT2D eigenvalue weighted by atomic mass is 19.1. The Morgan fingerprint density at radius 1 is 1.00 bits per heavy atom. The molecule has 27 heavy (non-hydrogen) atoms. The average molecular weight is 365 g/mol. The van der Waals surface area contributed by atoms with Gasteiger partial charge < -0.3 is 4.42 Å². The normalized spacial score (nSPS) is 14.3. The molecule has 4 nitrogen and oxygen atoms in total. The monoisotopic (exact) mass is 365 g/mol. The highest BCUT2D eigenvalue weighted by Gasteiger charge is 2.30. The van der Waals surface area contributed by atoms with Gasteiger partial charge in [-0.05, 0) is 54.2 Å². The topological polar surface area (TPSA) is 42.2 Å². The van der Waals surface area contributed by atoms with Crippen LogP contribution in [0.5, 0.6) is 0 Å². The van der Waals surface area contributed by atoms with Gasteiger partial charge in [0.2, 0.25) is 11.8 Å². The molecule has 0 saturated heterocycles. The van der Waals surface area contributed by atoms with Crippen LogP contribution in [0.4, 0.5) is 4.39 Å². The molecule has 1 aliphatic carbocycles. The summed E-state index contributed by atoms with van der Waals surface area (Å²) in [6, 6.07) is 15.5. The third-order valence-electron chi connectivity index (χ3n) is 4.99. The second kappa shape index (κ2) is 7.61. The van der Waals surface area contributed by atoms with Crippen molar-refractivity contribution in [2.24, 2.45) is 0 Å². The summed E-state index contributed by atoms with van der Waals surface area (Å²) in [6.07, 6.45) is 2.42. The number of halogens is 1. The predicted octanol–water partition coefficient (Wildman–Crippen LogP) is 5.16. The molecule has 1 fully saturated rings. The van der Waals surface area contributed by atoms with Gasteiger partial charge in [0.05, 0.1) is 6.54 Å². The molecule has 140 valence electrons. The fourth-order valence-electron chi connectivity index (χ4n) is 3.20. The van der Waals surface area contributed by atoms with Gasteiger partial charge in [0.1, 0.15) is 5.82 Å². The van der Waals surface area contributed by atoms with Crippen molar-refractivity contribution in [2.75, 3.05) is 0 Å². The number of aromatic nitrogens is 2. The van der Waals surface area contributed by atoms with Gasteiger partial charge in [0.15, 0.2) is 0 Å². The van der Waals surface area contributed by atoms with Gasteiger partial charge in [-0.3, -0.25) is 4.90 Å². The van der Waals surface area contributed by atoms with E-state index in [1.54, 1.807) is 12.1 Å². The summed E-state index contributed by atoms with van der Waals surface area (Å²) >= 11 is 0. The van der Waals surface area contributed by atoms with Crippen LogP contribution in [0, 0.1) is 5.82 Å². The quantitative estimate of drug-likeness (QED) is 0.580. The van der Waals surface area contributed by atoms with Crippen molar-refractivity contribution < 1.29 is 8.81 Å². The Hall–Kier alpha value is -2.53. The smallest absolute Gasteiger partial charge is 0.247 e. The molecule has 2 aromatic carbocycles. The number of nitrogens with zero attached hydrogens (tertiary/aromatic N) is 3. The highest BCUT2D eigenvalue weighted by Crippen LogP contribution is 2.30. The Kier molecular flexibility index (Phi) is 5.03. The van der Waals surface area contributed by atoms with Crippen LogP contribution in [0.2, 0.25) is 0 Å². The molecule has 4 rings (SSSR count). The molecule has 1 aliphatic rings.